The zero-order chi connectivity index (χ0) is 12.6. The lowest BCUT2D eigenvalue weighted by Gasteiger charge is -2.16. The Morgan fingerprint density at radius 3 is 2.82 bits per heavy atom. The topological polar surface area (TPSA) is 75.4 Å². The fourth-order valence-corrected chi connectivity index (χ4v) is 1.40. The zero-order valence-corrected chi connectivity index (χ0v) is 9.94. The predicted octanol–water partition coefficient (Wildman–Crippen LogP) is 1.85. The lowest BCUT2D eigenvalue weighted by molar-refractivity contribution is -0.130. The summed E-state index contributed by atoms with van der Waals surface area (Å²) in [5.74, 6) is 0.110. The highest BCUT2D eigenvalue weighted by Crippen LogP contribution is 2.20. The summed E-state index contributed by atoms with van der Waals surface area (Å²) in [5, 5.41) is 12.1. The zero-order valence-electron chi connectivity index (χ0n) is 9.94. The smallest absolute Gasteiger partial charge is 0.255 e. The number of hydrogen-bond acceptors (Lipinski definition) is 4. The van der Waals surface area contributed by atoms with E-state index in [1.54, 1.807) is 25.1 Å². The van der Waals surface area contributed by atoms with E-state index in [-0.39, 0.29) is 0 Å². The van der Waals surface area contributed by atoms with Crippen molar-refractivity contribution >= 4 is 22.7 Å². The first-order valence-corrected chi connectivity index (χ1v) is 5.27. The molecule has 0 aliphatic heterocycles. The Balaban J connectivity index is 2.28. The lowest BCUT2D eigenvalue weighted by atomic mass is 10.1. The third kappa shape index (κ3) is 2.45. The second kappa shape index (κ2) is 3.85. The minimum Gasteiger partial charge on any atom is -0.441 e. The van der Waals surface area contributed by atoms with Gasteiger partial charge in [0.05, 0.1) is 0 Å². The number of rotatable bonds is 2. The fraction of sp³-hybridized carbons (Fsp3) is 0.333. The largest absolute Gasteiger partial charge is 0.441 e. The van der Waals surface area contributed by atoms with Crippen molar-refractivity contribution in [2.45, 2.75) is 26.4 Å². The van der Waals surface area contributed by atoms with Crippen molar-refractivity contribution in [3.63, 3.8) is 0 Å². The van der Waals surface area contributed by atoms with Crippen molar-refractivity contribution in [3.8, 4) is 0 Å². The van der Waals surface area contributed by atoms with Crippen molar-refractivity contribution < 1.29 is 14.3 Å². The van der Waals surface area contributed by atoms with Crippen LogP contribution in [0.15, 0.2) is 22.6 Å². The number of nitrogens with zero attached hydrogens (tertiary/aromatic N) is 1. The molecule has 0 radical (unpaired) electrons. The number of aliphatic hydroxyl groups is 1. The third-order valence-corrected chi connectivity index (χ3v) is 2.31. The molecule has 2 rings (SSSR count). The molecule has 2 aromatic rings. The Bertz CT molecular complexity index is 567. The van der Waals surface area contributed by atoms with Crippen LogP contribution in [0.2, 0.25) is 0 Å². The Hall–Kier alpha value is -1.88. The molecule has 5 heteroatoms. The molecule has 5 nitrogen and oxygen atoms in total. The van der Waals surface area contributed by atoms with Crippen LogP contribution in [0.3, 0.4) is 0 Å². The summed E-state index contributed by atoms with van der Waals surface area (Å²) in [6.07, 6.45) is 0. The third-order valence-electron chi connectivity index (χ3n) is 2.31. The van der Waals surface area contributed by atoms with Gasteiger partial charge in [0.2, 0.25) is 0 Å². The number of aryl methyl sites for hydroxylation is 1. The van der Waals surface area contributed by atoms with Gasteiger partial charge in [-0.25, -0.2) is 4.98 Å². The van der Waals surface area contributed by atoms with Gasteiger partial charge in [-0.1, -0.05) is 0 Å². The molecule has 0 fully saturated rings. The van der Waals surface area contributed by atoms with Crippen LogP contribution < -0.4 is 5.32 Å². The highest BCUT2D eigenvalue weighted by atomic mass is 16.3. The second-order valence-electron chi connectivity index (χ2n) is 4.43. The Morgan fingerprint density at radius 1 is 1.47 bits per heavy atom. The number of oxazole rings is 1. The summed E-state index contributed by atoms with van der Waals surface area (Å²) in [6.45, 7) is 4.62. The van der Waals surface area contributed by atoms with Crippen molar-refractivity contribution in [2.75, 3.05) is 5.32 Å². The molecule has 0 aliphatic rings. The number of carbonyl (C=O) groups excluding carboxylic acids is 1. The summed E-state index contributed by atoms with van der Waals surface area (Å²) in [7, 11) is 0. The minimum absolute atomic E-state index is 0.465. The van der Waals surface area contributed by atoms with E-state index in [9.17, 15) is 9.90 Å². The predicted molar refractivity (Wildman–Crippen MR) is 63.7 cm³/mol. The molecule has 1 heterocycles. The standard InChI is InChI=1S/C12H14N2O3/c1-7-13-9-5-4-8(6-10(9)17-7)14-11(15)12(2,3)16/h4-6,16H,1-3H3,(H,14,15). The van der Waals surface area contributed by atoms with Gasteiger partial charge >= 0.3 is 0 Å². The van der Waals surface area contributed by atoms with Crippen LogP contribution in [0.4, 0.5) is 5.69 Å². The number of anilines is 1. The van der Waals surface area contributed by atoms with E-state index in [1.807, 2.05) is 0 Å². The van der Waals surface area contributed by atoms with Crippen molar-refractivity contribution in [2.24, 2.45) is 0 Å². The Kier molecular flexibility index (Phi) is 2.63. The number of aromatic nitrogens is 1. The van der Waals surface area contributed by atoms with E-state index < -0.39 is 11.5 Å². The van der Waals surface area contributed by atoms with E-state index in [2.05, 4.69) is 10.3 Å². The van der Waals surface area contributed by atoms with Crippen molar-refractivity contribution in [1.29, 1.82) is 0 Å². The molecule has 0 saturated carbocycles. The quantitative estimate of drug-likeness (QED) is 0.831. The number of nitrogens with one attached hydrogen (secondary N) is 1. The molecule has 0 spiro atoms. The average molecular weight is 234 g/mol. The van der Waals surface area contributed by atoms with E-state index in [1.165, 1.54) is 13.8 Å². The van der Waals surface area contributed by atoms with E-state index in [0.29, 0.717) is 17.2 Å². The van der Waals surface area contributed by atoms with Gasteiger partial charge in [-0.3, -0.25) is 4.79 Å². The second-order valence-corrected chi connectivity index (χ2v) is 4.43. The molecule has 1 amide bonds. The summed E-state index contributed by atoms with van der Waals surface area (Å²) in [6, 6.07) is 5.15. The Morgan fingerprint density at radius 2 is 2.18 bits per heavy atom. The fourth-order valence-electron chi connectivity index (χ4n) is 1.40. The maximum absolute atomic E-state index is 11.6. The highest BCUT2D eigenvalue weighted by molar-refractivity contribution is 5.97. The number of amides is 1. The van der Waals surface area contributed by atoms with Gasteiger partial charge in [-0.2, -0.15) is 0 Å². The van der Waals surface area contributed by atoms with Gasteiger partial charge in [-0.05, 0) is 26.0 Å². The number of carbonyl (C=O) groups is 1. The molecule has 0 bridgehead atoms. The van der Waals surface area contributed by atoms with Crippen LogP contribution in [0.5, 0.6) is 0 Å². The van der Waals surface area contributed by atoms with E-state index in [4.69, 9.17) is 4.42 Å². The molecule has 90 valence electrons. The first-order chi connectivity index (χ1) is 7.86. The van der Waals surface area contributed by atoms with E-state index >= 15 is 0 Å². The molecule has 0 atom stereocenters. The first kappa shape index (κ1) is 11.6. The molecular formula is C12H14N2O3. The van der Waals surface area contributed by atoms with Crippen LogP contribution in [0.25, 0.3) is 11.1 Å². The summed E-state index contributed by atoms with van der Waals surface area (Å²) in [4.78, 5) is 15.7. The van der Waals surface area contributed by atoms with Crippen LogP contribution >= 0.6 is 0 Å². The minimum atomic E-state index is -1.41. The van der Waals surface area contributed by atoms with Gasteiger partial charge in [0.25, 0.3) is 5.91 Å². The average Bonchev–Trinajstić information content (AvgIpc) is 2.55. The molecular weight excluding hydrogens is 220 g/mol. The van der Waals surface area contributed by atoms with Crippen LogP contribution in [-0.4, -0.2) is 21.6 Å². The maximum atomic E-state index is 11.6. The van der Waals surface area contributed by atoms with Crippen molar-refractivity contribution in [3.05, 3.63) is 24.1 Å². The van der Waals surface area contributed by atoms with Crippen LogP contribution in [0.1, 0.15) is 19.7 Å². The molecule has 1 aromatic heterocycles. The molecule has 2 N–H and O–H groups in total. The molecule has 1 aromatic carbocycles. The number of hydrogen-bond donors (Lipinski definition) is 2. The van der Waals surface area contributed by atoms with Gasteiger partial charge in [0, 0.05) is 18.7 Å². The van der Waals surface area contributed by atoms with Crippen molar-refractivity contribution in [1.82, 2.24) is 4.98 Å². The molecule has 17 heavy (non-hydrogen) atoms. The normalized spacial score (nSPS) is 11.8. The number of benzene rings is 1. The monoisotopic (exact) mass is 234 g/mol. The lowest BCUT2D eigenvalue weighted by Crippen LogP contribution is -2.36. The summed E-state index contributed by atoms with van der Waals surface area (Å²) >= 11 is 0. The molecule has 0 saturated heterocycles. The van der Waals surface area contributed by atoms with Gasteiger partial charge < -0.3 is 14.8 Å². The van der Waals surface area contributed by atoms with Crippen LogP contribution in [0, 0.1) is 6.92 Å². The van der Waals surface area contributed by atoms with E-state index in [0.717, 1.165) is 5.52 Å². The maximum Gasteiger partial charge on any atom is 0.255 e. The van der Waals surface area contributed by atoms with Gasteiger partial charge in [0.15, 0.2) is 11.5 Å². The Labute approximate surface area is 98.5 Å². The van der Waals surface area contributed by atoms with Crippen LogP contribution in [-0.2, 0) is 4.79 Å². The van der Waals surface area contributed by atoms with Gasteiger partial charge in [-0.15, -0.1) is 0 Å². The first-order valence-electron chi connectivity index (χ1n) is 5.27. The molecule has 0 aliphatic carbocycles. The summed E-state index contributed by atoms with van der Waals surface area (Å²) < 4.78 is 5.35. The molecule has 0 unspecified atom stereocenters. The van der Waals surface area contributed by atoms with Gasteiger partial charge in [0.1, 0.15) is 11.1 Å². The SMILES string of the molecule is Cc1nc2ccc(NC(=O)C(C)(C)O)cc2o1. The number of fused-ring (bicyclic) bond motifs is 1. The summed E-state index contributed by atoms with van der Waals surface area (Å²) in [5.41, 5.74) is 0.507. The highest BCUT2D eigenvalue weighted by Gasteiger charge is 2.23.